The Bertz CT molecular complexity index is 829. The number of aryl methyl sites for hydroxylation is 1. The highest BCUT2D eigenvalue weighted by Crippen LogP contribution is 2.24. The van der Waals surface area contributed by atoms with Crippen LogP contribution in [0.25, 0.3) is 0 Å². The van der Waals surface area contributed by atoms with Crippen LogP contribution in [0.1, 0.15) is 21.5 Å². The lowest BCUT2D eigenvalue weighted by atomic mass is 10.0. The van der Waals surface area contributed by atoms with E-state index in [1.807, 2.05) is 0 Å². The number of hydrogen-bond donors (Lipinski definition) is 0. The lowest BCUT2D eigenvalue weighted by Crippen LogP contribution is -2.37. The van der Waals surface area contributed by atoms with Crippen LogP contribution in [-0.2, 0) is 20.0 Å². The number of carbonyl (C=O) groups is 1. The molecular formula is C17H17FN2O3. The average Bonchev–Trinajstić information content (AvgIpc) is 2.54. The van der Waals surface area contributed by atoms with Gasteiger partial charge in [0.25, 0.3) is 11.5 Å². The molecule has 6 heteroatoms. The number of amides is 1. The summed E-state index contributed by atoms with van der Waals surface area (Å²) in [6, 6.07) is 5.51. The Morgan fingerprint density at radius 3 is 2.78 bits per heavy atom. The monoisotopic (exact) mass is 316 g/mol. The van der Waals surface area contributed by atoms with E-state index in [1.165, 1.54) is 29.9 Å². The van der Waals surface area contributed by atoms with Crippen LogP contribution in [-0.4, -0.2) is 29.0 Å². The van der Waals surface area contributed by atoms with Crippen LogP contribution in [0, 0.1) is 5.82 Å². The molecule has 1 aromatic heterocycles. The lowest BCUT2D eigenvalue weighted by molar-refractivity contribution is 0.0730. The van der Waals surface area contributed by atoms with Gasteiger partial charge in [-0.15, -0.1) is 0 Å². The number of fused-ring (bicyclic) bond motifs is 1. The van der Waals surface area contributed by atoms with Gasteiger partial charge in [-0.05, 0) is 29.7 Å². The van der Waals surface area contributed by atoms with Gasteiger partial charge in [-0.3, -0.25) is 9.59 Å². The molecule has 3 rings (SSSR count). The van der Waals surface area contributed by atoms with E-state index in [0.717, 1.165) is 11.1 Å². The number of halogens is 1. The Hall–Kier alpha value is -2.63. The fraction of sp³-hybridized carbons (Fsp3) is 0.294. The normalized spacial score (nSPS) is 13.6. The van der Waals surface area contributed by atoms with Crippen molar-refractivity contribution in [3.63, 3.8) is 0 Å². The van der Waals surface area contributed by atoms with E-state index in [0.29, 0.717) is 25.1 Å². The van der Waals surface area contributed by atoms with Gasteiger partial charge in [-0.1, -0.05) is 0 Å². The van der Waals surface area contributed by atoms with E-state index in [2.05, 4.69) is 0 Å². The highest BCUT2D eigenvalue weighted by molar-refractivity contribution is 5.97. The minimum atomic E-state index is -0.447. The van der Waals surface area contributed by atoms with Crippen LogP contribution in [0.4, 0.5) is 4.39 Å². The van der Waals surface area contributed by atoms with Crippen molar-refractivity contribution in [2.24, 2.45) is 7.05 Å². The van der Waals surface area contributed by atoms with Gasteiger partial charge in [0.2, 0.25) is 0 Å². The first-order valence-corrected chi connectivity index (χ1v) is 7.31. The summed E-state index contributed by atoms with van der Waals surface area (Å²) in [7, 11) is 3.10. The first-order valence-electron chi connectivity index (χ1n) is 7.31. The van der Waals surface area contributed by atoms with E-state index in [4.69, 9.17) is 4.74 Å². The van der Waals surface area contributed by atoms with Gasteiger partial charge < -0.3 is 14.2 Å². The average molecular weight is 316 g/mol. The van der Waals surface area contributed by atoms with Crippen LogP contribution in [0.3, 0.4) is 0 Å². The summed E-state index contributed by atoms with van der Waals surface area (Å²) in [4.78, 5) is 26.1. The van der Waals surface area contributed by atoms with E-state index < -0.39 is 5.82 Å². The molecule has 0 N–H and O–H groups in total. The number of aromatic nitrogens is 1. The van der Waals surface area contributed by atoms with Gasteiger partial charge >= 0.3 is 0 Å². The van der Waals surface area contributed by atoms with Gasteiger partial charge in [0.05, 0.1) is 12.7 Å². The molecule has 1 amide bonds. The van der Waals surface area contributed by atoms with Gasteiger partial charge in [0, 0.05) is 38.5 Å². The highest BCUT2D eigenvalue weighted by Gasteiger charge is 2.24. The second-order valence-corrected chi connectivity index (χ2v) is 5.59. The molecule has 0 atom stereocenters. The fourth-order valence-electron chi connectivity index (χ4n) is 2.82. The molecule has 0 aliphatic carbocycles. The van der Waals surface area contributed by atoms with Crippen molar-refractivity contribution < 1.29 is 13.9 Å². The van der Waals surface area contributed by atoms with E-state index in [-0.39, 0.29) is 17.2 Å². The summed E-state index contributed by atoms with van der Waals surface area (Å²) in [5.74, 6) is -0.431. The van der Waals surface area contributed by atoms with Crippen molar-refractivity contribution in [2.75, 3.05) is 13.7 Å². The fourth-order valence-corrected chi connectivity index (χ4v) is 2.82. The van der Waals surface area contributed by atoms with Gasteiger partial charge in [0.15, 0.2) is 0 Å². The first kappa shape index (κ1) is 15.3. The molecule has 0 saturated heterocycles. The molecule has 0 unspecified atom stereocenters. The van der Waals surface area contributed by atoms with E-state index >= 15 is 0 Å². The minimum absolute atomic E-state index is 0.0521. The lowest BCUT2D eigenvalue weighted by Gasteiger charge is -2.29. The predicted molar refractivity (Wildman–Crippen MR) is 83.1 cm³/mol. The topological polar surface area (TPSA) is 51.5 Å². The molecular weight excluding hydrogens is 299 g/mol. The summed E-state index contributed by atoms with van der Waals surface area (Å²) < 4.78 is 19.9. The molecule has 2 heterocycles. The van der Waals surface area contributed by atoms with Crippen molar-refractivity contribution in [3.8, 4) is 5.75 Å². The maximum atomic E-state index is 13.3. The standard InChI is InChI=1S/C17H17FN2O3/c1-19-9-12-10-20(6-5-11(12)7-16(19)21)17(22)14-4-3-13(18)8-15(14)23-2/h3-4,7-9H,5-6,10H2,1-2H3. The van der Waals surface area contributed by atoms with Crippen LogP contribution < -0.4 is 10.3 Å². The highest BCUT2D eigenvalue weighted by atomic mass is 19.1. The van der Waals surface area contributed by atoms with Gasteiger partial charge in [-0.2, -0.15) is 0 Å². The number of pyridine rings is 1. The Kier molecular flexibility index (Phi) is 3.90. The summed E-state index contributed by atoms with van der Waals surface area (Å²) in [6.07, 6.45) is 2.39. The Balaban J connectivity index is 1.90. The number of hydrogen-bond acceptors (Lipinski definition) is 3. The third-order valence-electron chi connectivity index (χ3n) is 4.10. The second kappa shape index (κ2) is 5.87. The molecule has 23 heavy (non-hydrogen) atoms. The van der Waals surface area contributed by atoms with E-state index in [1.54, 1.807) is 24.2 Å². The Morgan fingerprint density at radius 1 is 1.26 bits per heavy atom. The Morgan fingerprint density at radius 2 is 2.04 bits per heavy atom. The number of methoxy groups -OCH3 is 1. The van der Waals surface area contributed by atoms with Crippen LogP contribution >= 0.6 is 0 Å². The zero-order valence-corrected chi connectivity index (χ0v) is 13.0. The molecule has 1 aliphatic rings. The van der Waals surface area contributed by atoms with Crippen LogP contribution in [0.2, 0.25) is 0 Å². The van der Waals surface area contributed by atoms with Gasteiger partial charge in [-0.25, -0.2) is 4.39 Å². The summed E-state index contributed by atoms with van der Waals surface area (Å²) >= 11 is 0. The zero-order valence-electron chi connectivity index (χ0n) is 13.0. The summed E-state index contributed by atoms with van der Waals surface area (Å²) in [5, 5.41) is 0. The number of nitrogens with zero attached hydrogens (tertiary/aromatic N) is 2. The first-order chi connectivity index (χ1) is 11.0. The number of carbonyl (C=O) groups excluding carboxylic acids is 1. The second-order valence-electron chi connectivity index (χ2n) is 5.59. The Labute approximate surface area is 132 Å². The molecule has 0 spiro atoms. The maximum absolute atomic E-state index is 13.3. The van der Waals surface area contributed by atoms with Crippen molar-refractivity contribution in [1.29, 1.82) is 0 Å². The molecule has 0 fully saturated rings. The molecule has 0 radical (unpaired) electrons. The van der Waals surface area contributed by atoms with Gasteiger partial charge in [0.1, 0.15) is 11.6 Å². The molecule has 1 aromatic carbocycles. The zero-order chi connectivity index (χ0) is 16.6. The van der Waals surface area contributed by atoms with Crippen molar-refractivity contribution in [1.82, 2.24) is 9.47 Å². The van der Waals surface area contributed by atoms with Crippen molar-refractivity contribution >= 4 is 5.91 Å². The number of benzene rings is 1. The largest absolute Gasteiger partial charge is 0.496 e. The maximum Gasteiger partial charge on any atom is 0.257 e. The number of rotatable bonds is 2. The molecule has 2 aromatic rings. The quantitative estimate of drug-likeness (QED) is 0.848. The van der Waals surface area contributed by atoms with Crippen LogP contribution in [0.15, 0.2) is 35.3 Å². The predicted octanol–water partition coefficient (Wildman–Crippen LogP) is 1.73. The summed E-state index contributed by atoms with van der Waals surface area (Å²) in [6.45, 7) is 0.933. The van der Waals surface area contributed by atoms with Crippen molar-refractivity contribution in [2.45, 2.75) is 13.0 Å². The molecule has 0 saturated carbocycles. The minimum Gasteiger partial charge on any atom is -0.496 e. The molecule has 1 aliphatic heterocycles. The summed E-state index contributed by atoms with van der Waals surface area (Å²) in [5.41, 5.74) is 2.21. The third-order valence-corrected chi connectivity index (χ3v) is 4.10. The number of ether oxygens (including phenoxy) is 1. The molecule has 120 valence electrons. The molecule has 5 nitrogen and oxygen atoms in total. The SMILES string of the molecule is COc1cc(F)ccc1C(=O)N1CCc2cc(=O)n(C)cc2C1. The van der Waals surface area contributed by atoms with Crippen molar-refractivity contribution in [3.05, 3.63) is 63.3 Å². The van der Waals surface area contributed by atoms with Crippen LogP contribution in [0.5, 0.6) is 5.75 Å². The van der Waals surface area contributed by atoms with E-state index in [9.17, 15) is 14.0 Å². The smallest absolute Gasteiger partial charge is 0.257 e. The third kappa shape index (κ3) is 2.84. The molecule has 0 bridgehead atoms.